The van der Waals surface area contributed by atoms with Gasteiger partial charge in [0.05, 0.1) is 0 Å². The van der Waals surface area contributed by atoms with Crippen LogP contribution in [0.1, 0.15) is 12.7 Å². The molecule has 15 heavy (non-hydrogen) atoms. The fourth-order valence-corrected chi connectivity index (χ4v) is 1.68. The Balaban J connectivity index is 2.44. The third kappa shape index (κ3) is 1.89. The molecule has 1 unspecified atom stereocenters. The number of nitrogens with one attached hydrogen (secondary N) is 1. The molecule has 3 heteroatoms. The van der Waals surface area contributed by atoms with Crippen molar-refractivity contribution in [2.45, 2.75) is 12.5 Å². The average Bonchev–Trinajstić information content (AvgIpc) is 2.61. The third-order valence-electron chi connectivity index (χ3n) is 2.48. The minimum Gasteiger partial charge on any atom is -0.458 e. The maximum Gasteiger partial charge on any atom is 0.137 e. The van der Waals surface area contributed by atoms with E-state index < -0.39 is 5.60 Å². The highest BCUT2D eigenvalue weighted by molar-refractivity contribution is 5.77. The van der Waals surface area contributed by atoms with Gasteiger partial charge in [-0.1, -0.05) is 18.2 Å². The van der Waals surface area contributed by atoms with Crippen molar-refractivity contribution in [1.82, 2.24) is 5.32 Å². The minimum atomic E-state index is -0.965. The first-order chi connectivity index (χ1) is 7.13. The summed E-state index contributed by atoms with van der Waals surface area (Å²) in [4.78, 5) is 0. The molecular weight excluding hydrogens is 190 g/mol. The van der Waals surface area contributed by atoms with Crippen molar-refractivity contribution >= 4 is 11.0 Å². The second kappa shape index (κ2) is 3.68. The van der Waals surface area contributed by atoms with Crippen molar-refractivity contribution in [3.05, 3.63) is 36.1 Å². The van der Waals surface area contributed by atoms with Crippen molar-refractivity contribution in [2.75, 3.05) is 13.6 Å². The van der Waals surface area contributed by atoms with E-state index in [2.05, 4.69) is 5.32 Å². The normalized spacial score (nSPS) is 15.4. The number of para-hydroxylation sites is 1. The second-order valence-corrected chi connectivity index (χ2v) is 3.95. The van der Waals surface area contributed by atoms with Gasteiger partial charge in [-0.3, -0.25) is 0 Å². The van der Waals surface area contributed by atoms with E-state index in [-0.39, 0.29) is 0 Å². The molecule has 1 heterocycles. The van der Waals surface area contributed by atoms with Crippen molar-refractivity contribution in [1.29, 1.82) is 0 Å². The Morgan fingerprint density at radius 2 is 2.13 bits per heavy atom. The lowest BCUT2D eigenvalue weighted by Gasteiger charge is -2.19. The molecule has 0 bridgehead atoms. The van der Waals surface area contributed by atoms with Crippen LogP contribution in [-0.2, 0) is 5.60 Å². The van der Waals surface area contributed by atoms with Crippen molar-refractivity contribution < 1.29 is 9.52 Å². The quantitative estimate of drug-likeness (QED) is 0.804. The van der Waals surface area contributed by atoms with Gasteiger partial charge in [0.15, 0.2) is 0 Å². The van der Waals surface area contributed by atoms with Crippen LogP contribution in [0.4, 0.5) is 0 Å². The second-order valence-electron chi connectivity index (χ2n) is 3.95. The molecular formula is C12H15NO2. The van der Waals surface area contributed by atoms with Gasteiger partial charge in [0, 0.05) is 11.9 Å². The Kier molecular flexibility index (Phi) is 2.50. The van der Waals surface area contributed by atoms with Crippen molar-refractivity contribution in [3.8, 4) is 0 Å². The summed E-state index contributed by atoms with van der Waals surface area (Å²) in [5, 5.41) is 14.1. The van der Waals surface area contributed by atoms with Gasteiger partial charge < -0.3 is 14.8 Å². The number of rotatable bonds is 3. The molecule has 3 nitrogen and oxygen atoms in total. The van der Waals surface area contributed by atoms with E-state index in [9.17, 15) is 5.11 Å². The molecule has 80 valence electrons. The molecule has 0 fully saturated rings. The maximum atomic E-state index is 10.1. The molecule has 0 radical (unpaired) electrons. The Hall–Kier alpha value is -1.32. The monoisotopic (exact) mass is 205 g/mol. The summed E-state index contributed by atoms with van der Waals surface area (Å²) < 4.78 is 5.60. The van der Waals surface area contributed by atoms with Gasteiger partial charge in [0.2, 0.25) is 0 Å². The molecule has 2 rings (SSSR count). The van der Waals surface area contributed by atoms with Gasteiger partial charge in [0.25, 0.3) is 0 Å². The zero-order valence-corrected chi connectivity index (χ0v) is 8.95. The molecule has 0 aliphatic heterocycles. The van der Waals surface area contributed by atoms with E-state index in [1.165, 1.54) is 0 Å². The van der Waals surface area contributed by atoms with Crippen LogP contribution in [-0.4, -0.2) is 18.7 Å². The number of aliphatic hydroxyl groups is 1. The number of hydrogen-bond acceptors (Lipinski definition) is 3. The van der Waals surface area contributed by atoms with E-state index >= 15 is 0 Å². The average molecular weight is 205 g/mol. The highest BCUT2D eigenvalue weighted by Crippen LogP contribution is 2.27. The lowest BCUT2D eigenvalue weighted by Crippen LogP contribution is -2.32. The molecule has 0 spiro atoms. The Morgan fingerprint density at radius 1 is 1.40 bits per heavy atom. The smallest absolute Gasteiger partial charge is 0.137 e. The van der Waals surface area contributed by atoms with Gasteiger partial charge in [-0.2, -0.15) is 0 Å². The SMILES string of the molecule is CNCC(C)(O)c1cc2ccccc2o1. The lowest BCUT2D eigenvalue weighted by molar-refractivity contribution is 0.0378. The highest BCUT2D eigenvalue weighted by Gasteiger charge is 2.26. The fourth-order valence-electron chi connectivity index (χ4n) is 1.68. The minimum absolute atomic E-state index is 0.465. The molecule has 0 saturated heterocycles. The molecule has 2 aromatic rings. The standard InChI is InChI=1S/C12H15NO2/c1-12(14,8-13-2)11-7-9-5-3-4-6-10(9)15-11/h3-7,13-14H,8H2,1-2H3. The van der Waals surface area contributed by atoms with Crippen LogP contribution in [0.5, 0.6) is 0 Å². The fraction of sp³-hybridized carbons (Fsp3) is 0.333. The number of furan rings is 1. The summed E-state index contributed by atoms with van der Waals surface area (Å²) in [5.74, 6) is 0.595. The number of likely N-dealkylation sites (N-methyl/N-ethyl adjacent to an activating group) is 1. The van der Waals surface area contributed by atoms with Gasteiger partial charge >= 0.3 is 0 Å². The maximum absolute atomic E-state index is 10.1. The van der Waals surface area contributed by atoms with E-state index in [1.807, 2.05) is 30.3 Å². The van der Waals surface area contributed by atoms with Gasteiger partial charge in [-0.15, -0.1) is 0 Å². The lowest BCUT2D eigenvalue weighted by atomic mass is 10.0. The largest absolute Gasteiger partial charge is 0.458 e. The molecule has 1 aromatic carbocycles. The van der Waals surface area contributed by atoms with E-state index in [0.29, 0.717) is 12.3 Å². The van der Waals surface area contributed by atoms with Crippen LogP contribution in [0.25, 0.3) is 11.0 Å². The molecule has 1 aromatic heterocycles. The van der Waals surface area contributed by atoms with Gasteiger partial charge in [-0.05, 0) is 26.1 Å². The van der Waals surface area contributed by atoms with E-state index in [0.717, 1.165) is 11.0 Å². The predicted octanol–water partition coefficient (Wildman–Crippen LogP) is 1.86. The molecule has 0 aliphatic rings. The van der Waals surface area contributed by atoms with E-state index in [4.69, 9.17) is 4.42 Å². The Bertz CT molecular complexity index is 426. The summed E-state index contributed by atoms with van der Waals surface area (Å²) in [6, 6.07) is 9.62. The van der Waals surface area contributed by atoms with Crippen LogP contribution >= 0.6 is 0 Å². The molecule has 0 amide bonds. The summed E-state index contributed by atoms with van der Waals surface area (Å²) in [6.45, 7) is 2.20. The predicted molar refractivity (Wildman–Crippen MR) is 59.7 cm³/mol. The zero-order chi connectivity index (χ0) is 10.9. The Labute approximate surface area is 88.7 Å². The van der Waals surface area contributed by atoms with Crippen LogP contribution < -0.4 is 5.32 Å². The third-order valence-corrected chi connectivity index (χ3v) is 2.48. The van der Waals surface area contributed by atoms with Crippen molar-refractivity contribution in [2.24, 2.45) is 0 Å². The highest BCUT2D eigenvalue weighted by atomic mass is 16.4. The van der Waals surface area contributed by atoms with Crippen LogP contribution in [0.2, 0.25) is 0 Å². The van der Waals surface area contributed by atoms with Crippen LogP contribution in [0.3, 0.4) is 0 Å². The zero-order valence-electron chi connectivity index (χ0n) is 8.95. The summed E-state index contributed by atoms with van der Waals surface area (Å²) in [7, 11) is 1.80. The number of fused-ring (bicyclic) bond motifs is 1. The molecule has 2 N–H and O–H groups in total. The summed E-state index contributed by atoms with van der Waals surface area (Å²) >= 11 is 0. The number of benzene rings is 1. The first-order valence-corrected chi connectivity index (χ1v) is 4.99. The molecule has 0 saturated carbocycles. The van der Waals surface area contributed by atoms with E-state index in [1.54, 1.807) is 14.0 Å². The first-order valence-electron chi connectivity index (χ1n) is 4.99. The van der Waals surface area contributed by atoms with Gasteiger partial charge in [0.1, 0.15) is 16.9 Å². The summed E-state index contributed by atoms with van der Waals surface area (Å²) in [5.41, 5.74) is -0.155. The van der Waals surface area contributed by atoms with Crippen LogP contribution in [0.15, 0.2) is 34.7 Å². The Morgan fingerprint density at radius 3 is 2.80 bits per heavy atom. The van der Waals surface area contributed by atoms with Crippen LogP contribution in [0, 0.1) is 0 Å². The van der Waals surface area contributed by atoms with Crippen molar-refractivity contribution in [3.63, 3.8) is 0 Å². The molecule has 1 atom stereocenters. The number of hydrogen-bond donors (Lipinski definition) is 2. The summed E-state index contributed by atoms with van der Waals surface area (Å²) in [6.07, 6.45) is 0. The first kappa shape index (κ1) is 10.2. The molecule has 0 aliphatic carbocycles. The van der Waals surface area contributed by atoms with Gasteiger partial charge in [-0.25, -0.2) is 0 Å². The topological polar surface area (TPSA) is 45.4 Å².